The predicted molar refractivity (Wildman–Crippen MR) is 117 cm³/mol. The van der Waals surface area contributed by atoms with Crippen LogP contribution in [0.3, 0.4) is 0 Å². The quantitative estimate of drug-likeness (QED) is 0.372. The lowest BCUT2D eigenvalue weighted by Crippen LogP contribution is -2.57. The average molecular weight is 422 g/mol. The van der Waals surface area contributed by atoms with Gasteiger partial charge in [0.1, 0.15) is 5.82 Å². The molecule has 31 heavy (non-hydrogen) atoms. The Kier molecular flexibility index (Phi) is 5.36. The molecule has 0 bridgehead atoms. The van der Waals surface area contributed by atoms with E-state index in [4.69, 9.17) is 0 Å². The largest absolute Gasteiger partial charge is 0.358 e. The van der Waals surface area contributed by atoms with Crippen molar-refractivity contribution in [3.63, 3.8) is 0 Å². The number of aromatic nitrogens is 3. The zero-order chi connectivity index (χ0) is 22.3. The Hall–Kier alpha value is -3.46. The molecule has 0 spiro atoms. The topological polar surface area (TPSA) is 121 Å². The van der Waals surface area contributed by atoms with Gasteiger partial charge >= 0.3 is 0 Å². The van der Waals surface area contributed by atoms with E-state index in [9.17, 15) is 14.4 Å². The molecule has 1 saturated heterocycles. The van der Waals surface area contributed by atoms with Gasteiger partial charge in [0.25, 0.3) is 11.7 Å². The van der Waals surface area contributed by atoms with Crippen LogP contribution < -0.4 is 16.0 Å². The van der Waals surface area contributed by atoms with Crippen LogP contribution in [0.2, 0.25) is 0 Å². The van der Waals surface area contributed by atoms with E-state index in [0.29, 0.717) is 34.6 Å². The molecule has 0 saturated carbocycles. The molecule has 4 N–H and O–H groups in total. The summed E-state index contributed by atoms with van der Waals surface area (Å²) >= 11 is 0. The smallest absolute Gasteiger partial charge is 0.298 e. The number of amides is 2. The van der Waals surface area contributed by atoms with E-state index >= 15 is 0 Å². The number of benzene rings is 1. The van der Waals surface area contributed by atoms with Crippen LogP contribution in [0.5, 0.6) is 0 Å². The monoisotopic (exact) mass is 422 g/mol. The van der Waals surface area contributed by atoms with E-state index in [1.807, 2.05) is 32.0 Å². The van der Waals surface area contributed by atoms with Crippen molar-refractivity contribution < 1.29 is 14.4 Å². The highest BCUT2D eigenvalue weighted by Gasteiger charge is 2.34. The van der Waals surface area contributed by atoms with Crippen LogP contribution >= 0.6 is 0 Å². The van der Waals surface area contributed by atoms with Crippen molar-refractivity contribution in [2.24, 2.45) is 5.92 Å². The Morgan fingerprint density at radius 1 is 1.23 bits per heavy atom. The molecule has 1 aliphatic rings. The number of aryl methyl sites for hydroxylation is 2. The molecule has 1 fully saturated rings. The molecule has 3 heterocycles. The van der Waals surface area contributed by atoms with Crippen LogP contribution in [0, 0.1) is 19.8 Å². The van der Waals surface area contributed by atoms with E-state index in [-0.39, 0.29) is 17.9 Å². The Bertz CT molecular complexity index is 1180. The second-order valence-electron chi connectivity index (χ2n) is 7.95. The zero-order valence-electron chi connectivity index (χ0n) is 17.9. The molecule has 0 aliphatic carbocycles. The first-order chi connectivity index (χ1) is 14.8. The maximum absolute atomic E-state index is 13.0. The van der Waals surface area contributed by atoms with Gasteiger partial charge in [0.05, 0.1) is 17.2 Å². The van der Waals surface area contributed by atoms with Crippen LogP contribution in [-0.4, -0.2) is 38.4 Å². The number of ketones is 1. The number of aromatic amines is 1. The highest BCUT2D eigenvalue weighted by molar-refractivity contribution is 6.48. The molecule has 9 heteroatoms. The van der Waals surface area contributed by atoms with Gasteiger partial charge < -0.3 is 15.6 Å². The number of rotatable bonds is 5. The van der Waals surface area contributed by atoms with Crippen molar-refractivity contribution in [2.75, 3.05) is 5.32 Å². The molecule has 2 aromatic heterocycles. The average Bonchev–Trinajstić information content (AvgIpc) is 3.25. The van der Waals surface area contributed by atoms with Crippen LogP contribution in [0.25, 0.3) is 10.9 Å². The van der Waals surface area contributed by atoms with Crippen molar-refractivity contribution in [3.05, 3.63) is 47.3 Å². The summed E-state index contributed by atoms with van der Waals surface area (Å²) in [6.07, 6.45) is 0.0895. The summed E-state index contributed by atoms with van der Waals surface area (Å²) in [5.74, 6) is -1.30. The Labute approximate surface area is 179 Å². The van der Waals surface area contributed by atoms with Gasteiger partial charge in [-0.25, -0.2) is 4.68 Å². The van der Waals surface area contributed by atoms with Crippen LogP contribution in [-0.2, 0) is 9.59 Å². The van der Waals surface area contributed by atoms with Gasteiger partial charge in [0.15, 0.2) is 6.29 Å². The number of Topliss-reactive ketones (excluding diaryl/α,β-unsaturated/α-hetero) is 1. The molecule has 2 amide bonds. The lowest BCUT2D eigenvalue weighted by molar-refractivity contribution is -0.130. The number of hydrogen-bond donors (Lipinski definition) is 4. The summed E-state index contributed by atoms with van der Waals surface area (Å²) in [6, 6.07) is 8.96. The standard InChI is InChI=1S/C22H26N6O3/c1-5-14-12(3)24-22(26-20(14)30)28-17(10-11(2)27-28)25-21(31)19(29)18-13(4)23-16-9-7-6-8-15(16)18/h6-10,12,14,22-24H,5H2,1-4H3,(H,25,31)(H,26,30). The first-order valence-electron chi connectivity index (χ1n) is 10.4. The molecule has 3 aromatic rings. The number of carbonyl (C=O) groups is 3. The third-order valence-electron chi connectivity index (χ3n) is 5.75. The summed E-state index contributed by atoms with van der Waals surface area (Å²) in [6.45, 7) is 7.45. The van der Waals surface area contributed by atoms with E-state index < -0.39 is 18.0 Å². The molecule has 1 aliphatic heterocycles. The fourth-order valence-electron chi connectivity index (χ4n) is 4.21. The second-order valence-corrected chi connectivity index (χ2v) is 7.95. The minimum atomic E-state index is -0.768. The third kappa shape index (κ3) is 3.72. The van der Waals surface area contributed by atoms with Crippen molar-refractivity contribution in [1.82, 2.24) is 25.4 Å². The Balaban J connectivity index is 1.59. The van der Waals surface area contributed by atoms with E-state index in [2.05, 4.69) is 26.0 Å². The molecule has 3 unspecified atom stereocenters. The molecule has 1 aromatic carbocycles. The summed E-state index contributed by atoms with van der Waals surface area (Å²) in [5, 5.41) is 14.0. The second kappa shape index (κ2) is 7.99. The Morgan fingerprint density at radius 3 is 2.68 bits per heavy atom. The van der Waals surface area contributed by atoms with Crippen LogP contribution in [0.15, 0.2) is 30.3 Å². The van der Waals surface area contributed by atoms with Gasteiger partial charge in [-0.1, -0.05) is 25.1 Å². The molecule has 0 radical (unpaired) electrons. The lowest BCUT2D eigenvalue weighted by atomic mass is 9.95. The van der Waals surface area contributed by atoms with E-state index in [1.54, 1.807) is 26.0 Å². The van der Waals surface area contributed by atoms with Crippen molar-refractivity contribution in [3.8, 4) is 0 Å². The fraction of sp³-hybridized carbons (Fsp3) is 0.364. The predicted octanol–water partition coefficient (Wildman–Crippen LogP) is 2.39. The third-order valence-corrected chi connectivity index (χ3v) is 5.75. The maximum atomic E-state index is 13.0. The Morgan fingerprint density at radius 2 is 1.97 bits per heavy atom. The van der Waals surface area contributed by atoms with Crippen LogP contribution in [0.1, 0.15) is 48.3 Å². The summed E-state index contributed by atoms with van der Waals surface area (Å²) in [4.78, 5) is 41.4. The van der Waals surface area contributed by atoms with Gasteiger partial charge in [-0.15, -0.1) is 0 Å². The number of carbonyl (C=O) groups excluding carboxylic acids is 3. The SMILES string of the molecule is CCC1C(=O)NC(n2nc(C)cc2NC(=O)C(=O)c2c(C)[nH]c3ccccc23)NC1C. The molecular weight excluding hydrogens is 396 g/mol. The highest BCUT2D eigenvalue weighted by atomic mass is 16.2. The van der Waals surface area contributed by atoms with E-state index in [0.717, 1.165) is 5.52 Å². The molecule has 9 nitrogen and oxygen atoms in total. The fourth-order valence-corrected chi connectivity index (χ4v) is 4.21. The first kappa shape index (κ1) is 20.8. The number of anilines is 1. The van der Waals surface area contributed by atoms with Gasteiger partial charge in [-0.05, 0) is 33.3 Å². The maximum Gasteiger partial charge on any atom is 0.298 e. The van der Waals surface area contributed by atoms with Gasteiger partial charge in [-0.3, -0.25) is 19.7 Å². The van der Waals surface area contributed by atoms with Crippen molar-refractivity contribution in [1.29, 1.82) is 0 Å². The lowest BCUT2D eigenvalue weighted by Gasteiger charge is -2.35. The summed E-state index contributed by atoms with van der Waals surface area (Å²) in [5.41, 5.74) is 2.42. The van der Waals surface area contributed by atoms with Gasteiger partial charge in [0, 0.05) is 28.7 Å². The molecule has 4 rings (SSSR count). The molecule has 3 atom stereocenters. The molecular formula is C22H26N6O3. The number of H-pyrrole nitrogens is 1. The normalized spacial score (nSPS) is 21.2. The zero-order valence-corrected chi connectivity index (χ0v) is 17.9. The first-order valence-corrected chi connectivity index (χ1v) is 10.4. The van der Waals surface area contributed by atoms with Gasteiger partial charge in [0.2, 0.25) is 5.91 Å². The number of hydrogen-bond acceptors (Lipinski definition) is 5. The minimum Gasteiger partial charge on any atom is -0.358 e. The molecule has 162 valence electrons. The summed E-state index contributed by atoms with van der Waals surface area (Å²) < 4.78 is 1.49. The van der Waals surface area contributed by atoms with Crippen molar-refractivity contribution in [2.45, 2.75) is 46.4 Å². The number of fused-ring (bicyclic) bond motifs is 1. The number of nitrogens with zero attached hydrogens (tertiary/aromatic N) is 2. The van der Waals surface area contributed by atoms with E-state index in [1.165, 1.54) is 4.68 Å². The number of para-hydroxylation sites is 1. The minimum absolute atomic E-state index is 0.0627. The van der Waals surface area contributed by atoms with Gasteiger partial charge in [-0.2, -0.15) is 5.10 Å². The summed E-state index contributed by atoms with van der Waals surface area (Å²) in [7, 11) is 0. The number of nitrogens with one attached hydrogen (secondary N) is 4. The van der Waals surface area contributed by atoms with Crippen LogP contribution in [0.4, 0.5) is 5.82 Å². The highest BCUT2D eigenvalue weighted by Crippen LogP contribution is 2.24. The van der Waals surface area contributed by atoms with Crippen molar-refractivity contribution >= 4 is 34.3 Å².